The van der Waals surface area contributed by atoms with E-state index in [1.807, 2.05) is 30.9 Å². The quantitative estimate of drug-likeness (QED) is 0.853. The first-order chi connectivity index (χ1) is 9.56. The average Bonchev–Trinajstić information content (AvgIpc) is 3.01. The molecule has 1 unspecified atom stereocenters. The molecule has 0 saturated heterocycles. The Kier molecular flexibility index (Phi) is 5.11. The summed E-state index contributed by atoms with van der Waals surface area (Å²) < 4.78 is 0. The Bertz CT molecular complexity index is 550. The summed E-state index contributed by atoms with van der Waals surface area (Å²) in [5, 5.41) is 7.32. The lowest BCUT2D eigenvalue weighted by molar-refractivity contribution is -0.120. The summed E-state index contributed by atoms with van der Waals surface area (Å²) in [7, 11) is 4.02. The third-order valence-electron chi connectivity index (χ3n) is 2.90. The molecule has 7 heteroatoms. The molecule has 0 radical (unpaired) electrons. The number of hydrogen-bond acceptors (Lipinski definition) is 6. The molecule has 0 bridgehead atoms. The standard InChI is InChI=1S/C13H18N4OS2/c1-17(2)10(11-4-3-5-19-11)7-15-12(18)6-9-8-20-13(14)16-9/h3-5,8,10H,6-7H2,1-2H3,(H2,14,16)(H,15,18). The second-order valence-electron chi connectivity index (χ2n) is 4.65. The molecular formula is C13H18N4OS2. The fourth-order valence-electron chi connectivity index (χ4n) is 1.86. The number of nitrogens with one attached hydrogen (secondary N) is 1. The fraction of sp³-hybridized carbons (Fsp3) is 0.385. The van der Waals surface area contributed by atoms with E-state index in [4.69, 9.17) is 5.73 Å². The van der Waals surface area contributed by atoms with Crippen molar-refractivity contribution in [3.05, 3.63) is 33.5 Å². The highest BCUT2D eigenvalue weighted by Crippen LogP contribution is 2.22. The maximum Gasteiger partial charge on any atom is 0.226 e. The molecule has 20 heavy (non-hydrogen) atoms. The van der Waals surface area contributed by atoms with Crippen molar-refractivity contribution in [3.63, 3.8) is 0 Å². The number of hydrogen-bond donors (Lipinski definition) is 2. The number of nitrogens with zero attached hydrogens (tertiary/aromatic N) is 2. The van der Waals surface area contributed by atoms with E-state index in [9.17, 15) is 4.79 Å². The number of anilines is 1. The molecule has 3 N–H and O–H groups in total. The molecule has 0 fully saturated rings. The normalized spacial score (nSPS) is 12.6. The zero-order chi connectivity index (χ0) is 14.5. The number of thiophene rings is 1. The van der Waals surface area contributed by atoms with Gasteiger partial charge in [0.05, 0.1) is 18.2 Å². The number of carbonyl (C=O) groups is 1. The van der Waals surface area contributed by atoms with Crippen LogP contribution in [0.15, 0.2) is 22.9 Å². The van der Waals surface area contributed by atoms with Gasteiger partial charge in [-0.1, -0.05) is 6.07 Å². The van der Waals surface area contributed by atoms with Crippen molar-refractivity contribution in [1.29, 1.82) is 0 Å². The van der Waals surface area contributed by atoms with Gasteiger partial charge in [0.15, 0.2) is 5.13 Å². The summed E-state index contributed by atoms with van der Waals surface area (Å²) in [6, 6.07) is 4.30. The van der Waals surface area contributed by atoms with Gasteiger partial charge in [-0.05, 0) is 25.5 Å². The minimum absolute atomic E-state index is 0.0290. The van der Waals surface area contributed by atoms with Crippen LogP contribution in [0.25, 0.3) is 0 Å². The smallest absolute Gasteiger partial charge is 0.226 e. The topological polar surface area (TPSA) is 71.2 Å². The SMILES string of the molecule is CN(C)C(CNC(=O)Cc1csc(N)n1)c1cccs1. The molecule has 2 aromatic rings. The van der Waals surface area contributed by atoms with Gasteiger partial charge in [0.1, 0.15) is 0 Å². The van der Waals surface area contributed by atoms with E-state index in [2.05, 4.69) is 21.3 Å². The lowest BCUT2D eigenvalue weighted by Crippen LogP contribution is -2.35. The molecule has 0 spiro atoms. The lowest BCUT2D eigenvalue weighted by Gasteiger charge is -2.23. The highest BCUT2D eigenvalue weighted by molar-refractivity contribution is 7.13. The van der Waals surface area contributed by atoms with Crippen molar-refractivity contribution >= 4 is 33.7 Å². The molecule has 108 valence electrons. The minimum Gasteiger partial charge on any atom is -0.375 e. The van der Waals surface area contributed by atoms with Crippen LogP contribution in [0.4, 0.5) is 5.13 Å². The highest BCUT2D eigenvalue weighted by atomic mass is 32.1. The van der Waals surface area contributed by atoms with Crippen LogP contribution >= 0.6 is 22.7 Å². The maximum atomic E-state index is 11.9. The molecule has 2 aromatic heterocycles. The monoisotopic (exact) mass is 310 g/mol. The second kappa shape index (κ2) is 6.83. The number of nitrogens with two attached hydrogens (primary N) is 1. The molecule has 0 aliphatic heterocycles. The van der Waals surface area contributed by atoms with Gasteiger partial charge in [0.25, 0.3) is 0 Å². The van der Waals surface area contributed by atoms with Crippen molar-refractivity contribution in [2.24, 2.45) is 0 Å². The predicted molar refractivity (Wildman–Crippen MR) is 84.0 cm³/mol. The number of rotatable bonds is 6. The number of amides is 1. The Morgan fingerprint density at radius 1 is 1.50 bits per heavy atom. The van der Waals surface area contributed by atoms with Crippen LogP contribution in [-0.2, 0) is 11.2 Å². The van der Waals surface area contributed by atoms with Crippen molar-refractivity contribution in [2.45, 2.75) is 12.5 Å². The van der Waals surface area contributed by atoms with E-state index in [1.54, 1.807) is 11.3 Å². The summed E-state index contributed by atoms with van der Waals surface area (Å²) in [5.74, 6) is -0.0290. The lowest BCUT2D eigenvalue weighted by atomic mass is 10.2. The number of aromatic nitrogens is 1. The van der Waals surface area contributed by atoms with Crippen LogP contribution in [0.1, 0.15) is 16.6 Å². The molecule has 2 rings (SSSR count). The molecule has 1 amide bonds. The van der Waals surface area contributed by atoms with Gasteiger partial charge >= 0.3 is 0 Å². The number of likely N-dealkylation sites (N-methyl/N-ethyl adjacent to an activating group) is 1. The predicted octanol–water partition coefficient (Wildman–Crippen LogP) is 1.75. The van der Waals surface area contributed by atoms with E-state index in [0.717, 1.165) is 5.69 Å². The molecule has 0 aromatic carbocycles. The highest BCUT2D eigenvalue weighted by Gasteiger charge is 2.16. The average molecular weight is 310 g/mol. The Labute approximate surface area is 126 Å². The molecule has 1 atom stereocenters. The van der Waals surface area contributed by atoms with Gasteiger partial charge in [-0.15, -0.1) is 22.7 Å². The summed E-state index contributed by atoms with van der Waals surface area (Å²) in [6.07, 6.45) is 0.276. The van der Waals surface area contributed by atoms with Gasteiger partial charge in [0.2, 0.25) is 5.91 Å². The summed E-state index contributed by atoms with van der Waals surface area (Å²) >= 11 is 3.05. The second-order valence-corrected chi connectivity index (χ2v) is 6.52. The van der Waals surface area contributed by atoms with E-state index in [0.29, 0.717) is 11.7 Å². The molecule has 5 nitrogen and oxygen atoms in total. The molecular weight excluding hydrogens is 292 g/mol. The largest absolute Gasteiger partial charge is 0.375 e. The number of nitrogen functional groups attached to an aromatic ring is 1. The van der Waals surface area contributed by atoms with Crippen molar-refractivity contribution in [1.82, 2.24) is 15.2 Å². The third kappa shape index (κ3) is 4.03. The first-order valence-electron chi connectivity index (χ1n) is 6.22. The Morgan fingerprint density at radius 3 is 2.85 bits per heavy atom. The summed E-state index contributed by atoms with van der Waals surface area (Å²) in [4.78, 5) is 19.4. The number of thiazole rings is 1. The Balaban J connectivity index is 1.88. The Hall–Kier alpha value is -1.44. The third-order valence-corrected chi connectivity index (χ3v) is 4.59. The van der Waals surface area contributed by atoms with E-state index < -0.39 is 0 Å². The van der Waals surface area contributed by atoms with Gasteiger partial charge in [-0.25, -0.2) is 4.98 Å². The Morgan fingerprint density at radius 2 is 2.30 bits per heavy atom. The first-order valence-corrected chi connectivity index (χ1v) is 7.98. The summed E-state index contributed by atoms with van der Waals surface area (Å²) in [6.45, 7) is 0.589. The van der Waals surface area contributed by atoms with E-state index >= 15 is 0 Å². The van der Waals surface area contributed by atoms with Gasteiger partial charge in [-0.2, -0.15) is 0 Å². The van der Waals surface area contributed by atoms with E-state index in [1.165, 1.54) is 16.2 Å². The fourth-order valence-corrected chi connectivity index (χ4v) is 3.35. The van der Waals surface area contributed by atoms with Crippen LogP contribution in [-0.4, -0.2) is 36.4 Å². The van der Waals surface area contributed by atoms with Crippen LogP contribution in [0.2, 0.25) is 0 Å². The van der Waals surface area contributed by atoms with Gasteiger partial charge in [0, 0.05) is 16.8 Å². The zero-order valence-corrected chi connectivity index (χ0v) is 13.1. The maximum absolute atomic E-state index is 11.9. The minimum atomic E-state index is -0.0290. The van der Waals surface area contributed by atoms with Crippen molar-refractivity contribution in [3.8, 4) is 0 Å². The van der Waals surface area contributed by atoms with Gasteiger partial charge < -0.3 is 16.0 Å². The van der Waals surface area contributed by atoms with Crippen LogP contribution in [0.3, 0.4) is 0 Å². The van der Waals surface area contributed by atoms with Crippen molar-refractivity contribution < 1.29 is 4.79 Å². The molecule has 0 saturated carbocycles. The molecule has 0 aliphatic carbocycles. The van der Waals surface area contributed by atoms with Crippen LogP contribution in [0.5, 0.6) is 0 Å². The van der Waals surface area contributed by atoms with Gasteiger partial charge in [-0.3, -0.25) is 4.79 Å². The molecule has 2 heterocycles. The molecule has 0 aliphatic rings. The summed E-state index contributed by atoms with van der Waals surface area (Å²) in [5.41, 5.74) is 6.28. The van der Waals surface area contributed by atoms with Crippen LogP contribution in [0, 0.1) is 0 Å². The van der Waals surface area contributed by atoms with Crippen LogP contribution < -0.4 is 11.1 Å². The zero-order valence-electron chi connectivity index (χ0n) is 11.5. The van der Waals surface area contributed by atoms with E-state index in [-0.39, 0.29) is 18.4 Å². The number of carbonyl (C=O) groups excluding carboxylic acids is 1. The van der Waals surface area contributed by atoms with Crippen molar-refractivity contribution in [2.75, 3.05) is 26.4 Å². The first kappa shape index (κ1) is 15.0.